The Balaban J connectivity index is 1.52. The van der Waals surface area contributed by atoms with Gasteiger partial charge in [-0.25, -0.2) is 4.79 Å². The first-order chi connectivity index (χ1) is 24.7. The van der Waals surface area contributed by atoms with E-state index in [0.29, 0.717) is 53.6 Å². The van der Waals surface area contributed by atoms with Crippen molar-refractivity contribution in [1.82, 2.24) is 4.98 Å². The summed E-state index contributed by atoms with van der Waals surface area (Å²) in [6.07, 6.45) is 4.03. The summed E-state index contributed by atoms with van der Waals surface area (Å²) in [6.45, 7) is 2.25. The smallest absolute Gasteiger partial charge is 0.375 e. The van der Waals surface area contributed by atoms with E-state index >= 15 is 0 Å². The van der Waals surface area contributed by atoms with Gasteiger partial charge in [-0.15, -0.1) is 0 Å². The molecular weight excluding hydrogens is 658 g/mol. The topological polar surface area (TPSA) is 185 Å². The monoisotopic (exact) mass is 701 g/mol. The second kappa shape index (κ2) is 13.9. The molecule has 270 valence electrons. The molecule has 2 fully saturated rings. The number of esters is 1. The number of allylic oxidation sites excluding steroid dienone is 3. The van der Waals surface area contributed by atoms with Gasteiger partial charge in [-0.1, -0.05) is 11.6 Å². The van der Waals surface area contributed by atoms with Crippen LogP contribution in [0, 0.1) is 5.92 Å². The molecule has 12 heteroatoms. The third-order valence-electron chi connectivity index (χ3n) is 10.8. The number of carbonyl (C=O) groups excluding carboxylic acids is 3. The number of fused-ring (bicyclic) bond motifs is 5. The second-order valence-electron chi connectivity index (χ2n) is 14.0. The zero-order valence-corrected chi connectivity index (χ0v) is 28.7. The Morgan fingerprint density at radius 1 is 1.16 bits per heavy atom. The predicted octanol–water partition coefficient (Wildman–Crippen LogP) is 4.12. The second-order valence-corrected chi connectivity index (χ2v) is 14.0. The molecule has 12 nitrogen and oxygen atoms in total. The molecule has 51 heavy (non-hydrogen) atoms. The summed E-state index contributed by atoms with van der Waals surface area (Å²) in [7, 11) is 0. The highest BCUT2D eigenvalue weighted by atomic mass is 16.6. The summed E-state index contributed by atoms with van der Waals surface area (Å²) >= 11 is 0. The van der Waals surface area contributed by atoms with Crippen molar-refractivity contribution in [2.24, 2.45) is 5.92 Å². The third-order valence-corrected chi connectivity index (χ3v) is 10.8. The first-order valence-electron chi connectivity index (χ1n) is 17.6. The van der Waals surface area contributed by atoms with Crippen molar-refractivity contribution >= 4 is 34.5 Å². The van der Waals surface area contributed by atoms with E-state index in [1.165, 1.54) is 0 Å². The van der Waals surface area contributed by atoms with Crippen molar-refractivity contribution in [3.8, 4) is 17.2 Å². The van der Waals surface area contributed by atoms with Gasteiger partial charge in [-0.3, -0.25) is 9.59 Å². The molecule has 2 aromatic carbocycles. The molecule has 1 aromatic heterocycles. The number of aromatic amines is 1. The van der Waals surface area contributed by atoms with Crippen LogP contribution in [0.15, 0.2) is 47.4 Å². The van der Waals surface area contributed by atoms with Gasteiger partial charge in [-0.2, -0.15) is 0 Å². The molecule has 7 rings (SSSR count). The molecule has 3 aromatic rings. The van der Waals surface area contributed by atoms with E-state index in [9.17, 15) is 34.8 Å². The van der Waals surface area contributed by atoms with Gasteiger partial charge in [0.25, 0.3) is 0 Å². The van der Waals surface area contributed by atoms with Crippen molar-refractivity contribution in [1.29, 1.82) is 0 Å². The SMILES string of the molecule is CCOC(=O)C1=C(C=O)C(=C2CC(CO)C(=O)C(c3ccc4[nH]ccc4c3)C2)c2c(c(CO)c3c(c2OCCCO)C2CCCC(C)(O)C2O3)O1. The van der Waals surface area contributed by atoms with Gasteiger partial charge in [0.2, 0.25) is 5.76 Å². The molecule has 5 N–H and O–H groups in total. The van der Waals surface area contributed by atoms with Crippen LogP contribution in [-0.4, -0.2) is 81.6 Å². The number of aldehydes is 1. The van der Waals surface area contributed by atoms with E-state index in [1.807, 2.05) is 30.5 Å². The van der Waals surface area contributed by atoms with Crippen LogP contribution in [0.4, 0.5) is 0 Å². The number of aliphatic hydroxyl groups is 4. The Hall–Kier alpha value is -4.49. The van der Waals surface area contributed by atoms with Gasteiger partial charge >= 0.3 is 5.97 Å². The fourth-order valence-electron chi connectivity index (χ4n) is 8.41. The van der Waals surface area contributed by atoms with Gasteiger partial charge < -0.3 is 44.4 Å². The van der Waals surface area contributed by atoms with Crippen LogP contribution in [0.3, 0.4) is 0 Å². The van der Waals surface area contributed by atoms with Crippen LogP contribution in [0.5, 0.6) is 17.2 Å². The molecule has 5 unspecified atom stereocenters. The van der Waals surface area contributed by atoms with Gasteiger partial charge in [-0.05, 0) is 75.1 Å². The van der Waals surface area contributed by atoms with Crippen molar-refractivity contribution in [2.75, 3.05) is 26.4 Å². The molecule has 2 saturated carbocycles. The number of aromatic nitrogens is 1. The first-order valence-corrected chi connectivity index (χ1v) is 17.6. The number of H-pyrrole nitrogens is 1. The van der Waals surface area contributed by atoms with E-state index in [-0.39, 0.29) is 79.2 Å². The average Bonchev–Trinajstić information content (AvgIpc) is 3.76. The lowest BCUT2D eigenvalue weighted by Gasteiger charge is -2.38. The summed E-state index contributed by atoms with van der Waals surface area (Å²) in [4.78, 5) is 43.8. The maximum absolute atomic E-state index is 13.9. The van der Waals surface area contributed by atoms with E-state index in [2.05, 4.69) is 4.98 Å². The largest absolute Gasteiger partial charge is 0.492 e. The number of nitrogens with one attached hydrogen (secondary N) is 1. The van der Waals surface area contributed by atoms with Crippen molar-refractivity contribution in [3.05, 3.63) is 69.6 Å². The molecule has 0 amide bonds. The highest BCUT2D eigenvalue weighted by molar-refractivity contribution is 6.11. The number of ether oxygens (including phenoxy) is 4. The summed E-state index contributed by atoms with van der Waals surface area (Å²) in [5, 5.41) is 43.6. The normalized spacial score (nSPS) is 27.0. The summed E-state index contributed by atoms with van der Waals surface area (Å²) in [6, 6.07) is 7.61. The molecule has 0 radical (unpaired) electrons. The number of ketones is 1. The standard InChI is InChI=1S/C39H43NO11/c1-3-48-38(46)35-26(18-43)29(22-15-23(17-42)32(45)25(16-22)20-7-8-28-21(14-20)9-11-40-28)31-34(50-35)27(19-44)33-30(36(31)49-13-5-12-41)24-6-4-10-39(2,47)37(24)51-33/h7-9,11,14,18,23-25,37,40-42,44,47H,3-6,10,12-13,15-17,19H2,1-2H3. The molecule has 5 atom stereocenters. The first kappa shape index (κ1) is 34.9. The Bertz CT molecular complexity index is 1950. The zero-order valence-electron chi connectivity index (χ0n) is 28.7. The molecular formula is C39H43NO11. The number of rotatable bonds is 10. The summed E-state index contributed by atoms with van der Waals surface area (Å²) < 4.78 is 24.6. The minimum absolute atomic E-state index is 0.00446. The molecule has 3 heterocycles. The lowest BCUT2D eigenvalue weighted by molar-refractivity contribution is -0.141. The highest BCUT2D eigenvalue weighted by Gasteiger charge is 2.53. The number of aliphatic hydroxyl groups excluding tert-OH is 3. The van der Waals surface area contributed by atoms with Crippen LogP contribution < -0.4 is 14.2 Å². The minimum Gasteiger partial charge on any atom is -0.492 e. The molecule has 2 aliphatic carbocycles. The number of Topliss-reactive ketones (excluding diaryl/α,β-unsaturated/α-hetero) is 1. The fraction of sp³-hybridized carbons (Fsp3) is 0.462. The maximum Gasteiger partial charge on any atom is 0.375 e. The quantitative estimate of drug-likeness (QED) is 0.116. The van der Waals surface area contributed by atoms with Gasteiger partial charge in [0.1, 0.15) is 29.1 Å². The number of carbonyl (C=O) groups is 3. The van der Waals surface area contributed by atoms with Crippen molar-refractivity contribution in [2.45, 2.75) is 82.5 Å². The molecule has 0 saturated heterocycles. The van der Waals surface area contributed by atoms with Crippen LogP contribution in [0.25, 0.3) is 16.5 Å². The Morgan fingerprint density at radius 2 is 1.98 bits per heavy atom. The van der Waals surface area contributed by atoms with E-state index < -0.39 is 42.7 Å². The Morgan fingerprint density at radius 3 is 2.71 bits per heavy atom. The average molecular weight is 702 g/mol. The number of hydrogen-bond donors (Lipinski definition) is 5. The third kappa shape index (κ3) is 5.84. The van der Waals surface area contributed by atoms with Crippen LogP contribution >= 0.6 is 0 Å². The lowest BCUT2D eigenvalue weighted by Crippen LogP contribution is -2.47. The van der Waals surface area contributed by atoms with Crippen LogP contribution in [0.1, 0.15) is 86.5 Å². The Kier molecular flexibility index (Phi) is 9.53. The van der Waals surface area contributed by atoms with Gasteiger partial charge in [0, 0.05) is 53.6 Å². The number of benzene rings is 2. The summed E-state index contributed by atoms with van der Waals surface area (Å²) in [5.74, 6) is -2.66. The van der Waals surface area contributed by atoms with E-state index in [1.54, 1.807) is 13.8 Å². The molecule has 0 spiro atoms. The van der Waals surface area contributed by atoms with E-state index in [0.717, 1.165) is 16.5 Å². The zero-order chi connectivity index (χ0) is 36.0. The van der Waals surface area contributed by atoms with Gasteiger partial charge in [0.15, 0.2) is 6.29 Å². The molecule has 0 bridgehead atoms. The van der Waals surface area contributed by atoms with Crippen molar-refractivity contribution < 1.29 is 53.8 Å². The number of hydrogen-bond acceptors (Lipinski definition) is 11. The van der Waals surface area contributed by atoms with Crippen molar-refractivity contribution in [3.63, 3.8) is 0 Å². The molecule has 2 aliphatic heterocycles. The van der Waals surface area contributed by atoms with Crippen LogP contribution in [0.2, 0.25) is 0 Å². The summed E-state index contributed by atoms with van der Waals surface area (Å²) in [5.41, 5.74) is 2.37. The predicted molar refractivity (Wildman–Crippen MR) is 184 cm³/mol. The highest BCUT2D eigenvalue weighted by Crippen LogP contribution is 2.61. The lowest BCUT2D eigenvalue weighted by atomic mass is 9.70. The van der Waals surface area contributed by atoms with Crippen LogP contribution in [-0.2, 0) is 25.7 Å². The fourth-order valence-corrected chi connectivity index (χ4v) is 8.41. The molecule has 4 aliphatic rings. The Labute approximate surface area is 294 Å². The van der Waals surface area contributed by atoms with Gasteiger partial charge in [0.05, 0.1) is 48.7 Å². The maximum atomic E-state index is 13.9. The van der Waals surface area contributed by atoms with E-state index in [4.69, 9.17) is 18.9 Å². The minimum atomic E-state index is -1.20.